The fraction of sp³-hybridized carbons (Fsp3) is 0.611. The smallest absolute Gasteiger partial charge is 0.237 e. The van der Waals surface area contributed by atoms with Gasteiger partial charge >= 0.3 is 0 Å². The molecule has 1 aliphatic rings. The van der Waals surface area contributed by atoms with E-state index in [1.54, 1.807) is 11.3 Å². The average Bonchev–Trinajstić information content (AvgIpc) is 3.10. The number of imidazole rings is 1. The van der Waals surface area contributed by atoms with Gasteiger partial charge in [0, 0.05) is 30.4 Å². The molecule has 1 fully saturated rings. The van der Waals surface area contributed by atoms with Crippen molar-refractivity contribution >= 4 is 28.1 Å². The van der Waals surface area contributed by atoms with Crippen molar-refractivity contribution in [3.05, 3.63) is 23.0 Å². The summed E-state index contributed by atoms with van der Waals surface area (Å²) in [4.78, 5) is 33.4. The Bertz CT molecular complexity index is 750. The average molecular weight is 378 g/mol. The molecule has 3 heterocycles. The van der Waals surface area contributed by atoms with Gasteiger partial charge in [0.15, 0.2) is 4.96 Å². The number of rotatable bonds is 7. The Morgan fingerprint density at radius 1 is 1.46 bits per heavy atom. The first-order chi connectivity index (χ1) is 12.4. The van der Waals surface area contributed by atoms with E-state index in [2.05, 4.69) is 34.4 Å². The summed E-state index contributed by atoms with van der Waals surface area (Å²) in [6.07, 6.45) is 5.17. The van der Waals surface area contributed by atoms with Gasteiger partial charge in [-0.05, 0) is 25.8 Å². The van der Waals surface area contributed by atoms with Gasteiger partial charge in [-0.25, -0.2) is 4.98 Å². The van der Waals surface area contributed by atoms with E-state index in [1.807, 2.05) is 23.7 Å². The van der Waals surface area contributed by atoms with Crippen LogP contribution in [0.5, 0.6) is 0 Å². The van der Waals surface area contributed by atoms with Crippen LogP contribution in [0.15, 0.2) is 12.4 Å². The van der Waals surface area contributed by atoms with Gasteiger partial charge in [0.05, 0.1) is 24.7 Å². The number of piperazine rings is 1. The zero-order valence-electron chi connectivity index (χ0n) is 15.6. The Balaban J connectivity index is 1.54. The highest BCUT2D eigenvalue weighted by molar-refractivity contribution is 7.16. The maximum Gasteiger partial charge on any atom is 0.237 e. The van der Waals surface area contributed by atoms with E-state index in [4.69, 9.17) is 0 Å². The van der Waals surface area contributed by atoms with Gasteiger partial charge in [-0.2, -0.15) is 0 Å². The maximum atomic E-state index is 12.4. The molecule has 8 heteroatoms. The van der Waals surface area contributed by atoms with Crippen LogP contribution in [-0.2, 0) is 16.1 Å². The minimum absolute atomic E-state index is 0.0480. The lowest BCUT2D eigenvalue weighted by atomic mass is 10.1. The van der Waals surface area contributed by atoms with Crippen molar-refractivity contribution in [3.8, 4) is 0 Å². The van der Waals surface area contributed by atoms with Crippen molar-refractivity contribution in [1.82, 2.24) is 24.9 Å². The molecule has 1 atom stereocenters. The van der Waals surface area contributed by atoms with Crippen LogP contribution < -0.4 is 10.6 Å². The molecular weight excluding hydrogens is 350 g/mol. The molecule has 1 aliphatic heterocycles. The zero-order valence-corrected chi connectivity index (χ0v) is 16.4. The molecule has 142 valence electrons. The molecular formula is C18H27N5O2S. The number of carbonyl (C=O) groups excluding carboxylic acids is 2. The number of hydrogen-bond acceptors (Lipinski definition) is 5. The van der Waals surface area contributed by atoms with E-state index < -0.39 is 0 Å². The molecule has 2 N–H and O–H groups in total. The lowest BCUT2D eigenvalue weighted by Gasteiger charge is -2.35. The van der Waals surface area contributed by atoms with Crippen molar-refractivity contribution in [2.24, 2.45) is 5.92 Å². The Morgan fingerprint density at radius 3 is 3.00 bits per heavy atom. The predicted molar refractivity (Wildman–Crippen MR) is 102 cm³/mol. The first-order valence-corrected chi connectivity index (χ1v) is 9.96. The van der Waals surface area contributed by atoms with Gasteiger partial charge in [-0.1, -0.05) is 13.8 Å². The zero-order chi connectivity index (χ0) is 18.7. The quantitative estimate of drug-likeness (QED) is 0.767. The van der Waals surface area contributed by atoms with Crippen LogP contribution >= 0.6 is 11.3 Å². The molecule has 0 aromatic carbocycles. The fourth-order valence-corrected chi connectivity index (χ4v) is 3.99. The van der Waals surface area contributed by atoms with Crippen LogP contribution in [-0.4, -0.2) is 51.8 Å². The van der Waals surface area contributed by atoms with Crippen LogP contribution in [0.3, 0.4) is 0 Å². The number of hydrogen-bond donors (Lipinski definition) is 2. The van der Waals surface area contributed by atoms with Crippen LogP contribution in [0.25, 0.3) is 4.96 Å². The second-order valence-corrected chi connectivity index (χ2v) is 8.48. The molecule has 1 saturated heterocycles. The summed E-state index contributed by atoms with van der Waals surface area (Å²) >= 11 is 1.62. The summed E-state index contributed by atoms with van der Waals surface area (Å²) < 4.78 is 1.98. The molecule has 0 bridgehead atoms. The monoisotopic (exact) mass is 377 g/mol. The lowest BCUT2D eigenvalue weighted by Crippen LogP contribution is -2.56. The number of fused-ring (bicyclic) bond motifs is 1. The van der Waals surface area contributed by atoms with Crippen molar-refractivity contribution in [2.45, 2.75) is 46.2 Å². The van der Waals surface area contributed by atoms with Gasteiger partial charge in [0.1, 0.15) is 0 Å². The number of thiazole rings is 1. The first kappa shape index (κ1) is 18.8. The normalized spacial score (nSPS) is 18.5. The van der Waals surface area contributed by atoms with Crippen molar-refractivity contribution in [2.75, 3.05) is 19.6 Å². The molecule has 1 unspecified atom stereocenters. The molecule has 2 aromatic rings. The van der Waals surface area contributed by atoms with Crippen LogP contribution in [0.2, 0.25) is 0 Å². The van der Waals surface area contributed by atoms with Gasteiger partial charge in [-0.3, -0.25) is 18.9 Å². The van der Waals surface area contributed by atoms with E-state index in [-0.39, 0.29) is 24.3 Å². The Labute approximate surface area is 157 Å². The third kappa shape index (κ3) is 4.62. The second-order valence-electron chi connectivity index (χ2n) is 7.27. The summed E-state index contributed by atoms with van der Waals surface area (Å²) in [5.74, 6) is 0.412. The van der Waals surface area contributed by atoms with Crippen LogP contribution in [0, 0.1) is 12.8 Å². The number of amides is 2. The van der Waals surface area contributed by atoms with E-state index in [9.17, 15) is 9.59 Å². The molecule has 7 nitrogen and oxygen atoms in total. The molecule has 0 saturated carbocycles. The standard InChI is InChI=1S/C18H27N5O2S/c1-12(2)4-6-22-7-5-19-17(25)15(22)8-16(24)20-9-14-11-23-10-13(3)26-18(23)21-14/h10-12,15H,4-9H2,1-3H3,(H,19,25)(H,20,24). The molecule has 0 aliphatic carbocycles. The van der Waals surface area contributed by atoms with E-state index in [0.29, 0.717) is 19.0 Å². The highest BCUT2D eigenvalue weighted by atomic mass is 32.1. The van der Waals surface area contributed by atoms with Gasteiger partial charge in [0.2, 0.25) is 11.8 Å². The maximum absolute atomic E-state index is 12.4. The van der Waals surface area contributed by atoms with Gasteiger partial charge in [-0.15, -0.1) is 11.3 Å². The minimum atomic E-state index is -0.379. The minimum Gasteiger partial charge on any atom is -0.353 e. The molecule has 2 aromatic heterocycles. The highest BCUT2D eigenvalue weighted by Crippen LogP contribution is 2.17. The van der Waals surface area contributed by atoms with Crippen LogP contribution in [0.1, 0.15) is 37.3 Å². The van der Waals surface area contributed by atoms with Crippen LogP contribution in [0.4, 0.5) is 0 Å². The summed E-state index contributed by atoms with van der Waals surface area (Å²) in [6.45, 7) is 9.06. The SMILES string of the molecule is Cc1cn2cc(CNC(=O)CC3C(=O)NCCN3CCC(C)C)nc2s1. The third-order valence-corrected chi connectivity index (χ3v) is 5.51. The molecule has 2 amide bonds. The molecule has 3 rings (SSSR count). The lowest BCUT2D eigenvalue weighted by molar-refractivity contribution is -0.134. The van der Waals surface area contributed by atoms with E-state index in [0.717, 1.165) is 30.2 Å². The fourth-order valence-electron chi connectivity index (χ4n) is 3.16. The second kappa shape index (κ2) is 8.18. The first-order valence-electron chi connectivity index (χ1n) is 9.15. The van der Waals surface area contributed by atoms with Gasteiger partial charge in [0.25, 0.3) is 0 Å². The topological polar surface area (TPSA) is 78.7 Å². The summed E-state index contributed by atoms with van der Waals surface area (Å²) in [5, 5.41) is 5.77. The third-order valence-electron chi connectivity index (χ3n) is 4.60. The Kier molecular flexibility index (Phi) is 5.93. The molecule has 26 heavy (non-hydrogen) atoms. The van der Waals surface area contributed by atoms with Crippen molar-refractivity contribution < 1.29 is 9.59 Å². The number of aromatic nitrogens is 2. The molecule has 0 radical (unpaired) electrons. The summed E-state index contributed by atoms with van der Waals surface area (Å²) in [5.41, 5.74) is 0.828. The number of aryl methyl sites for hydroxylation is 1. The van der Waals surface area contributed by atoms with Crippen molar-refractivity contribution in [3.63, 3.8) is 0 Å². The van der Waals surface area contributed by atoms with Crippen molar-refractivity contribution in [1.29, 1.82) is 0 Å². The number of nitrogens with one attached hydrogen (secondary N) is 2. The largest absolute Gasteiger partial charge is 0.353 e. The van der Waals surface area contributed by atoms with E-state index >= 15 is 0 Å². The Hall–Kier alpha value is -1.93. The molecule has 0 spiro atoms. The van der Waals surface area contributed by atoms with Gasteiger partial charge < -0.3 is 10.6 Å². The number of carbonyl (C=O) groups is 2. The predicted octanol–water partition coefficient (Wildman–Crippen LogP) is 1.56. The highest BCUT2D eigenvalue weighted by Gasteiger charge is 2.31. The summed E-state index contributed by atoms with van der Waals surface area (Å²) in [6, 6.07) is -0.379. The van der Waals surface area contributed by atoms with E-state index in [1.165, 1.54) is 4.88 Å². The number of nitrogens with zero attached hydrogens (tertiary/aromatic N) is 3. The summed E-state index contributed by atoms with van der Waals surface area (Å²) in [7, 11) is 0. The Morgan fingerprint density at radius 2 is 2.27 bits per heavy atom.